The Morgan fingerprint density at radius 1 is 1.15 bits per heavy atom. The molecule has 20 heavy (non-hydrogen) atoms. The third-order valence-electron chi connectivity index (χ3n) is 3.61. The summed E-state index contributed by atoms with van der Waals surface area (Å²) in [5.41, 5.74) is 2.69. The molecule has 1 aromatic heterocycles. The van der Waals surface area contributed by atoms with Gasteiger partial charge in [0.2, 0.25) is 0 Å². The summed E-state index contributed by atoms with van der Waals surface area (Å²) in [5, 5.41) is -0.0374. The molecular formula is C13H22N4O2S. The molecule has 1 heterocycles. The van der Waals surface area contributed by atoms with E-state index in [2.05, 4.69) is 15.1 Å². The molecule has 2 rings (SSSR count). The highest BCUT2D eigenvalue weighted by Crippen LogP contribution is 2.21. The fourth-order valence-corrected chi connectivity index (χ4v) is 3.97. The lowest BCUT2D eigenvalue weighted by atomic mass is 9.97. The molecule has 0 amide bonds. The van der Waals surface area contributed by atoms with Crippen molar-refractivity contribution in [3.05, 3.63) is 18.3 Å². The number of sulfonamides is 1. The van der Waals surface area contributed by atoms with Crippen molar-refractivity contribution in [2.45, 2.75) is 56.0 Å². The highest BCUT2D eigenvalue weighted by Gasteiger charge is 2.24. The molecule has 6 nitrogen and oxygen atoms in total. The summed E-state index contributed by atoms with van der Waals surface area (Å²) in [6, 6.07) is 3.23. The molecule has 0 radical (unpaired) electrons. The zero-order valence-corrected chi connectivity index (χ0v) is 12.3. The van der Waals surface area contributed by atoms with Gasteiger partial charge in [0, 0.05) is 12.2 Å². The summed E-state index contributed by atoms with van der Waals surface area (Å²) in [5.74, 6) is 5.34. The first-order valence-corrected chi connectivity index (χ1v) is 8.56. The van der Waals surface area contributed by atoms with Gasteiger partial charge < -0.3 is 5.43 Å². The second-order valence-electron chi connectivity index (χ2n) is 5.16. The van der Waals surface area contributed by atoms with Crippen LogP contribution in [-0.4, -0.2) is 19.4 Å². The van der Waals surface area contributed by atoms with E-state index >= 15 is 0 Å². The van der Waals surface area contributed by atoms with Crippen molar-refractivity contribution in [2.24, 2.45) is 5.84 Å². The molecule has 112 valence electrons. The Balaban J connectivity index is 2.13. The number of hydrogen-bond donors (Lipinski definition) is 3. The van der Waals surface area contributed by atoms with Crippen LogP contribution >= 0.6 is 0 Å². The minimum Gasteiger partial charge on any atom is -0.321 e. The molecule has 0 bridgehead atoms. The van der Waals surface area contributed by atoms with Crippen molar-refractivity contribution in [2.75, 3.05) is 5.43 Å². The molecule has 1 aliphatic carbocycles. The number of hydrogen-bond acceptors (Lipinski definition) is 5. The molecule has 0 saturated heterocycles. The number of hydrazine groups is 1. The van der Waals surface area contributed by atoms with Gasteiger partial charge in [-0.1, -0.05) is 32.1 Å². The summed E-state index contributed by atoms with van der Waals surface area (Å²) < 4.78 is 27.6. The second-order valence-corrected chi connectivity index (χ2v) is 6.79. The Hall–Kier alpha value is -1.18. The third kappa shape index (κ3) is 3.91. The molecule has 0 spiro atoms. The monoisotopic (exact) mass is 298 g/mol. The number of pyridine rings is 1. The van der Waals surface area contributed by atoms with Crippen LogP contribution in [-0.2, 0) is 10.0 Å². The Morgan fingerprint density at radius 3 is 2.45 bits per heavy atom. The van der Waals surface area contributed by atoms with Crippen molar-refractivity contribution < 1.29 is 8.42 Å². The zero-order valence-electron chi connectivity index (χ0n) is 11.5. The van der Waals surface area contributed by atoms with E-state index in [4.69, 9.17) is 5.84 Å². The first-order chi connectivity index (χ1) is 9.63. The highest BCUT2D eigenvalue weighted by molar-refractivity contribution is 7.89. The van der Waals surface area contributed by atoms with Crippen LogP contribution in [0.25, 0.3) is 0 Å². The van der Waals surface area contributed by atoms with E-state index in [1.165, 1.54) is 25.5 Å². The van der Waals surface area contributed by atoms with Crippen molar-refractivity contribution in [1.82, 2.24) is 9.71 Å². The third-order valence-corrected chi connectivity index (χ3v) is 5.09. The number of anilines is 1. The molecule has 1 saturated carbocycles. The van der Waals surface area contributed by atoms with Gasteiger partial charge in [-0.2, -0.15) is 0 Å². The molecule has 0 aromatic carbocycles. The van der Waals surface area contributed by atoms with Gasteiger partial charge in [-0.15, -0.1) is 0 Å². The van der Waals surface area contributed by atoms with E-state index in [9.17, 15) is 8.42 Å². The molecule has 1 aromatic rings. The SMILES string of the molecule is NNc1cccnc1S(=O)(=O)NC1CCCCCCC1. The van der Waals surface area contributed by atoms with Gasteiger partial charge in [-0.3, -0.25) is 5.84 Å². The molecule has 0 atom stereocenters. The van der Waals surface area contributed by atoms with Crippen molar-refractivity contribution in [3.63, 3.8) is 0 Å². The van der Waals surface area contributed by atoms with Gasteiger partial charge in [0.05, 0.1) is 5.69 Å². The fourth-order valence-electron chi connectivity index (χ4n) is 2.56. The van der Waals surface area contributed by atoms with Crippen molar-refractivity contribution in [3.8, 4) is 0 Å². The number of nitrogens with one attached hydrogen (secondary N) is 2. The van der Waals surface area contributed by atoms with Gasteiger partial charge in [0.1, 0.15) is 0 Å². The summed E-state index contributed by atoms with van der Waals surface area (Å²) in [4.78, 5) is 3.94. The molecular weight excluding hydrogens is 276 g/mol. The van der Waals surface area contributed by atoms with Crippen LogP contribution in [0.2, 0.25) is 0 Å². The zero-order chi connectivity index (χ0) is 14.4. The summed E-state index contributed by atoms with van der Waals surface area (Å²) in [6.45, 7) is 0. The van der Waals surface area contributed by atoms with E-state index in [-0.39, 0.29) is 11.1 Å². The molecule has 4 N–H and O–H groups in total. The maximum Gasteiger partial charge on any atom is 0.260 e. The van der Waals surface area contributed by atoms with Crippen molar-refractivity contribution in [1.29, 1.82) is 0 Å². The number of rotatable bonds is 4. The highest BCUT2D eigenvalue weighted by atomic mass is 32.2. The Morgan fingerprint density at radius 2 is 1.80 bits per heavy atom. The predicted octanol–water partition coefficient (Wildman–Crippen LogP) is 1.76. The first kappa shape index (κ1) is 15.2. The quantitative estimate of drug-likeness (QED) is 0.581. The van der Waals surface area contributed by atoms with Gasteiger partial charge in [0.25, 0.3) is 10.0 Å². The lowest BCUT2D eigenvalue weighted by Crippen LogP contribution is -2.36. The van der Waals surface area contributed by atoms with Crippen LogP contribution in [0.3, 0.4) is 0 Å². The lowest BCUT2D eigenvalue weighted by Gasteiger charge is -2.21. The fraction of sp³-hybridized carbons (Fsp3) is 0.615. The number of nitrogens with two attached hydrogens (primary N) is 1. The minimum absolute atomic E-state index is 0.00655. The normalized spacial score (nSPS) is 18.2. The van der Waals surface area contributed by atoms with Crippen LogP contribution in [0.15, 0.2) is 23.4 Å². The molecule has 0 aliphatic heterocycles. The Kier molecular flexibility index (Phi) is 5.33. The van der Waals surface area contributed by atoms with Crippen LogP contribution in [0, 0.1) is 0 Å². The summed E-state index contributed by atoms with van der Waals surface area (Å²) in [7, 11) is -3.63. The Labute approximate surface area is 120 Å². The van der Waals surface area contributed by atoms with E-state index in [0.29, 0.717) is 5.69 Å². The van der Waals surface area contributed by atoms with Crippen molar-refractivity contribution >= 4 is 15.7 Å². The Bertz CT molecular complexity index is 525. The maximum atomic E-state index is 12.4. The number of nitrogen functional groups attached to an aromatic ring is 1. The van der Waals surface area contributed by atoms with E-state index in [1.54, 1.807) is 12.1 Å². The molecule has 1 aliphatic rings. The lowest BCUT2D eigenvalue weighted by molar-refractivity contribution is 0.426. The molecule has 1 fully saturated rings. The van der Waals surface area contributed by atoms with Gasteiger partial charge in [0.15, 0.2) is 5.03 Å². The van der Waals surface area contributed by atoms with Crippen LogP contribution in [0.1, 0.15) is 44.9 Å². The average molecular weight is 298 g/mol. The maximum absolute atomic E-state index is 12.4. The van der Waals surface area contributed by atoms with E-state index in [0.717, 1.165) is 25.7 Å². The standard InChI is InChI=1S/C13H22N4O2S/c14-16-12-9-6-10-15-13(12)20(18,19)17-11-7-4-2-1-3-5-8-11/h6,9-11,16-17H,1-5,7-8,14H2. The topological polar surface area (TPSA) is 97.1 Å². The second kappa shape index (κ2) is 7.01. The predicted molar refractivity (Wildman–Crippen MR) is 78.5 cm³/mol. The van der Waals surface area contributed by atoms with Gasteiger partial charge in [-0.25, -0.2) is 18.1 Å². The number of aromatic nitrogens is 1. The first-order valence-electron chi connectivity index (χ1n) is 7.07. The summed E-state index contributed by atoms with van der Waals surface area (Å²) >= 11 is 0. The smallest absolute Gasteiger partial charge is 0.260 e. The minimum atomic E-state index is -3.63. The van der Waals surface area contributed by atoms with Crippen LogP contribution in [0.4, 0.5) is 5.69 Å². The average Bonchev–Trinajstić information content (AvgIpc) is 2.41. The summed E-state index contributed by atoms with van der Waals surface area (Å²) in [6.07, 6.45) is 8.97. The largest absolute Gasteiger partial charge is 0.321 e. The van der Waals surface area contributed by atoms with Gasteiger partial charge >= 0.3 is 0 Å². The number of nitrogens with zero attached hydrogens (tertiary/aromatic N) is 1. The van der Waals surface area contributed by atoms with Crippen LogP contribution < -0.4 is 16.0 Å². The van der Waals surface area contributed by atoms with Gasteiger partial charge in [-0.05, 0) is 25.0 Å². The molecule has 0 unspecified atom stereocenters. The molecule has 7 heteroatoms. The van der Waals surface area contributed by atoms with Crippen LogP contribution in [0.5, 0.6) is 0 Å². The van der Waals surface area contributed by atoms with E-state index < -0.39 is 10.0 Å². The van der Waals surface area contributed by atoms with E-state index in [1.807, 2.05) is 0 Å².